The summed E-state index contributed by atoms with van der Waals surface area (Å²) < 4.78 is 25.5. The molecule has 2 heterocycles. The van der Waals surface area contributed by atoms with E-state index in [0.29, 0.717) is 25.2 Å². The van der Waals surface area contributed by atoms with Crippen LogP contribution in [0.3, 0.4) is 0 Å². The van der Waals surface area contributed by atoms with Gasteiger partial charge >= 0.3 is 0 Å². The SMILES string of the molecule is CCCn1ncnc1CC(=O)C1CCCCS1(=O)=O. The first-order valence-electron chi connectivity index (χ1n) is 6.65. The molecule has 0 aromatic carbocycles. The highest BCUT2D eigenvalue weighted by Gasteiger charge is 2.34. The van der Waals surface area contributed by atoms with E-state index >= 15 is 0 Å². The number of aromatic nitrogens is 3. The van der Waals surface area contributed by atoms with Crippen molar-refractivity contribution in [2.24, 2.45) is 0 Å². The fourth-order valence-electron chi connectivity index (χ4n) is 2.41. The maximum Gasteiger partial charge on any atom is 0.160 e. The van der Waals surface area contributed by atoms with Crippen molar-refractivity contribution in [3.63, 3.8) is 0 Å². The van der Waals surface area contributed by atoms with E-state index in [9.17, 15) is 13.2 Å². The second kappa shape index (κ2) is 5.81. The number of sulfone groups is 1. The molecule has 0 spiro atoms. The molecular formula is C12H19N3O3S. The Morgan fingerprint density at radius 3 is 2.95 bits per heavy atom. The second-order valence-corrected chi connectivity index (χ2v) is 7.20. The van der Waals surface area contributed by atoms with Crippen molar-refractivity contribution in [3.05, 3.63) is 12.2 Å². The van der Waals surface area contributed by atoms with Crippen LogP contribution in [0.4, 0.5) is 0 Å². The Bertz CT molecular complexity index is 550. The first-order valence-corrected chi connectivity index (χ1v) is 8.37. The van der Waals surface area contributed by atoms with Crippen molar-refractivity contribution in [1.29, 1.82) is 0 Å². The van der Waals surface area contributed by atoms with E-state index in [4.69, 9.17) is 0 Å². The minimum absolute atomic E-state index is 0.0594. The molecule has 106 valence electrons. The van der Waals surface area contributed by atoms with E-state index in [1.165, 1.54) is 6.33 Å². The predicted molar refractivity (Wildman–Crippen MR) is 70.4 cm³/mol. The highest BCUT2D eigenvalue weighted by atomic mass is 32.2. The van der Waals surface area contributed by atoms with Gasteiger partial charge in [0.2, 0.25) is 0 Å². The monoisotopic (exact) mass is 285 g/mol. The van der Waals surface area contributed by atoms with Crippen molar-refractivity contribution < 1.29 is 13.2 Å². The van der Waals surface area contributed by atoms with E-state index < -0.39 is 15.1 Å². The normalized spacial score (nSPS) is 22.3. The Hall–Kier alpha value is -1.24. The molecule has 0 radical (unpaired) electrons. The largest absolute Gasteiger partial charge is 0.298 e. The molecule has 0 aliphatic carbocycles. The number of hydrogen-bond donors (Lipinski definition) is 0. The van der Waals surface area contributed by atoms with Gasteiger partial charge in [-0.2, -0.15) is 5.10 Å². The van der Waals surface area contributed by atoms with E-state index in [1.807, 2.05) is 6.92 Å². The first kappa shape index (κ1) is 14.2. The highest BCUT2D eigenvalue weighted by molar-refractivity contribution is 7.92. The van der Waals surface area contributed by atoms with E-state index in [1.54, 1.807) is 4.68 Å². The van der Waals surface area contributed by atoms with E-state index in [2.05, 4.69) is 10.1 Å². The lowest BCUT2D eigenvalue weighted by atomic mass is 10.1. The summed E-state index contributed by atoms with van der Waals surface area (Å²) in [7, 11) is -3.26. The van der Waals surface area contributed by atoms with Crippen molar-refractivity contribution in [3.8, 4) is 0 Å². The molecule has 2 rings (SSSR count). The first-order chi connectivity index (χ1) is 9.04. The Kier molecular flexibility index (Phi) is 4.34. The lowest BCUT2D eigenvalue weighted by Gasteiger charge is -2.20. The maximum atomic E-state index is 12.2. The minimum Gasteiger partial charge on any atom is -0.298 e. The number of ketones is 1. The Balaban J connectivity index is 2.10. The zero-order valence-corrected chi connectivity index (χ0v) is 11.9. The molecule has 1 atom stereocenters. The topological polar surface area (TPSA) is 81.9 Å². The lowest BCUT2D eigenvalue weighted by Crippen LogP contribution is -2.36. The van der Waals surface area contributed by atoms with Gasteiger partial charge in [0, 0.05) is 6.54 Å². The molecule has 1 saturated heterocycles. The van der Waals surface area contributed by atoms with Gasteiger partial charge in [-0.25, -0.2) is 18.1 Å². The standard InChI is InChI=1S/C12H19N3O3S/c1-2-6-15-12(13-9-14-15)8-10(16)11-5-3-4-7-19(11,17)18/h9,11H,2-8H2,1H3. The quantitative estimate of drug-likeness (QED) is 0.798. The molecule has 1 aromatic heterocycles. The smallest absolute Gasteiger partial charge is 0.160 e. The van der Waals surface area contributed by atoms with Gasteiger partial charge in [-0.05, 0) is 19.3 Å². The van der Waals surface area contributed by atoms with Gasteiger partial charge in [-0.3, -0.25) is 4.79 Å². The van der Waals surface area contributed by atoms with Gasteiger partial charge in [0.05, 0.1) is 12.2 Å². The average molecular weight is 285 g/mol. The summed E-state index contributed by atoms with van der Waals surface area (Å²) in [6.07, 6.45) is 4.28. The van der Waals surface area contributed by atoms with Crippen LogP contribution in [0.15, 0.2) is 6.33 Å². The summed E-state index contributed by atoms with van der Waals surface area (Å²) in [4.78, 5) is 16.2. The highest BCUT2D eigenvalue weighted by Crippen LogP contribution is 2.21. The zero-order chi connectivity index (χ0) is 13.9. The Morgan fingerprint density at radius 1 is 1.47 bits per heavy atom. The van der Waals surface area contributed by atoms with Gasteiger partial charge in [0.25, 0.3) is 0 Å². The molecule has 0 N–H and O–H groups in total. The molecule has 19 heavy (non-hydrogen) atoms. The second-order valence-electron chi connectivity index (χ2n) is 4.89. The number of carbonyl (C=O) groups excluding carboxylic acids is 1. The molecular weight excluding hydrogens is 266 g/mol. The van der Waals surface area contributed by atoms with Gasteiger partial charge in [0.15, 0.2) is 15.6 Å². The van der Waals surface area contributed by atoms with Crippen LogP contribution in [0.25, 0.3) is 0 Å². The summed E-state index contributed by atoms with van der Waals surface area (Å²) in [5.74, 6) is 0.447. The van der Waals surface area contributed by atoms with Crippen molar-refractivity contribution in [2.45, 2.75) is 50.8 Å². The Morgan fingerprint density at radius 2 is 2.26 bits per heavy atom. The fraction of sp³-hybridized carbons (Fsp3) is 0.750. The van der Waals surface area contributed by atoms with Crippen LogP contribution in [0, 0.1) is 0 Å². The molecule has 0 saturated carbocycles. The molecule has 6 nitrogen and oxygen atoms in total. The number of aryl methyl sites for hydroxylation is 1. The molecule has 1 unspecified atom stereocenters. The van der Waals surface area contributed by atoms with Crippen LogP contribution in [0.2, 0.25) is 0 Å². The Labute approximate surface area is 113 Å². The van der Waals surface area contributed by atoms with Gasteiger partial charge in [-0.1, -0.05) is 13.3 Å². The number of rotatable bonds is 5. The molecule has 0 bridgehead atoms. The molecule has 1 aliphatic rings. The molecule has 1 fully saturated rings. The number of carbonyl (C=O) groups is 1. The van der Waals surface area contributed by atoms with Crippen molar-refractivity contribution >= 4 is 15.6 Å². The van der Waals surface area contributed by atoms with Gasteiger partial charge in [-0.15, -0.1) is 0 Å². The van der Waals surface area contributed by atoms with Crippen molar-refractivity contribution in [1.82, 2.24) is 14.8 Å². The average Bonchev–Trinajstić information content (AvgIpc) is 2.76. The van der Waals surface area contributed by atoms with Crippen LogP contribution in [-0.4, -0.2) is 40.0 Å². The summed E-state index contributed by atoms with van der Waals surface area (Å²) in [6.45, 7) is 2.71. The third-order valence-corrected chi connectivity index (χ3v) is 5.62. The van der Waals surface area contributed by atoms with Crippen molar-refractivity contribution in [2.75, 3.05) is 5.75 Å². The number of hydrogen-bond acceptors (Lipinski definition) is 5. The summed E-state index contributed by atoms with van der Waals surface area (Å²) in [5, 5.41) is 3.20. The number of Topliss-reactive ketones (excluding diaryl/α,β-unsaturated/α-hetero) is 1. The third-order valence-electron chi connectivity index (χ3n) is 3.40. The third kappa shape index (κ3) is 3.20. The molecule has 1 aliphatic heterocycles. The molecule has 7 heteroatoms. The van der Waals surface area contributed by atoms with Crippen LogP contribution in [-0.2, 0) is 27.6 Å². The van der Waals surface area contributed by atoms with E-state index in [-0.39, 0.29) is 18.0 Å². The summed E-state index contributed by atoms with van der Waals surface area (Å²) in [6, 6.07) is 0. The number of nitrogens with zero attached hydrogens (tertiary/aromatic N) is 3. The maximum absolute atomic E-state index is 12.2. The molecule has 0 amide bonds. The van der Waals surface area contributed by atoms with Crippen LogP contribution in [0.5, 0.6) is 0 Å². The minimum atomic E-state index is -3.26. The van der Waals surface area contributed by atoms with Crippen LogP contribution in [0.1, 0.15) is 38.4 Å². The predicted octanol–water partition coefficient (Wildman–Crippen LogP) is 0.767. The zero-order valence-electron chi connectivity index (χ0n) is 11.1. The van der Waals surface area contributed by atoms with E-state index in [0.717, 1.165) is 12.8 Å². The van der Waals surface area contributed by atoms with Crippen LogP contribution >= 0.6 is 0 Å². The van der Waals surface area contributed by atoms with Crippen LogP contribution < -0.4 is 0 Å². The summed E-state index contributed by atoms with van der Waals surface area (Å²) >= 11 is 0. The van der Waals surface area contributed by atoms with Gasteiger partial charge < -0.3 is 0 Å². The van der Waals surface area contributed by atoms with Gasteiger partial charge in [0.1, 0.15) is 17.4 Å². The molecule has 1 aromatic rings. The fourth-order valence-corrected chi connectivity index (χ4v) is 4.31. The lowest BCUT2D eigenvalue weighted by molar-refractivity contribution is -0.118. The summed E-state index contributed by atoms with van der Waals surface area (Å²) in [5.41, 5.74) is 0.